The lowest BCUT2D eigenvalue weighted by molar-refractivity contribution is 0.0952. The Morgan fingerprint density at radius 2 is 1.20 bits per heavy atom. The van der Waals surface area contributed by atoms with Crippen LogP contribution in [0.15, 0.2) is 22.7 Å². The molecule has 1 rings (SSSR count). The second-order valence-corrected chi connectivity index (χ2v) is 7.28. The summed E-state index contributed by atoms with van der Waals surface area (Å²) in [5.74, 6) is -0.260. The first-order valence-corrected chi connectivity index (χ1v) is 10.2. The Morgan fingerprint density at radius 1 is 0.760 bits per heavy atom. The van der Waals surface area contributed by atoms with Crippen molar-refractivity contribution in [1.29, 1.82) is 0 Å². The SMILES string of the molecule is CCCCCCNC(=O)c1cc(Br)cc(C(=O)NCCCCCC)c1. The minimum atomic E-state index is -0.130. The van der Waals surface area contributed by atoms with Crippen molar-refractivity contribution in [1.82, 2.24) is 10.6 Å². The van der Waals surface area contributed by atoms with Crippen molar-refractivity contribution in [3.8, 4) is 0 Å². The van der Waals surface area contributed by atoms with Crippen LogP contribution in [-0.4, -0.2) is 24.9 Å². The number of hydrogen-bond donors (Lipinski definition) is 2. The van der Waals surface area contributed by atoms with Gasteiger partial charge >= 0.3 is 0 Å². The normalized spacial score (nSPS) is 10.5. The number of benzene rings is 1. The topological polar surface area (TPSA) is 58.2 Å². The van der Waals surface area contributed by atoms with Crippen molar-refractivity contribution in [2.24, 2.45) is 0 Å². The summed E-state index contributed by atoms with van der Waals surface area (Å²) in [6.07, 6.45) is 8.96. The van der Waals surface area contributed by atoms with Crippen LogP contribution in [0.25, 0.3) is 0 Å². The van der Waals surface area contributed by atoms with Gasteiger partial charge in [-0.25, -0.2) is 0 Å². The highest BCUT2D eigenvalue weighted by atomic mass is 79.9. The van der Waals surface area contributed by atoms with Crippen molar-refractivity contribution in [2.45, 2.75) is 65.2 Å². The standard InChI is InChI=1S/C20H31BrN2O2/c1-3-5-7-9-11-22-19(24)16-13-17(15-18(21)14-16)20(25)23-12-10-8-6-4-2/h13-15H,3-12H2,1-2H3,(H,22,24)(H,23,25). The third kappa shape index (κ3) is 9.05. The molecule has 5 heteroatoms. The highest BCUT2D eigenvalue weighted by Crippen LogP contribution is 2.16. The van der Waals surface area contributed by atoms with E-state index in [1.807, 2.05) is 0 Å². The zero-order valence-corrected chi connectivity index (χ0v) is 17.1. The molecule has 0 aliphatic carbocycles. The predicted molar refractivity (Wildman–Crippen MR) is 107 cm³/mol. The summed E-state index contributed by atoms with van der Waals surface area (Å²) < 4.78 is 0.738. The van der Waals surface area contributed by atoms with E-state index in [9.17, 15) is 9.59 Å². The molecule has 0 bridgehead atoms. The molecular formula is C20H31BrN2O2. The van der Waals surface area contributed by atoms with Gasteiger partial charge in [0.25, 0.3) is 11.8 Å². The van der Waals surface area contributed by atoms with E-state index in [4.69, 9.17) is 0 Å². The van der Waals surface area contributed by atoms with Gasteiger partial charge in [0.2, 0.25) is 0 Å². The fourth-order valence-electron chi connectivity index (χ4n) is 2.56. The van der Waals surface area contributed by atoms with E-state index in [1.54, 1.807) is 18.2 Å². The lowest BCUT2D eigenvalue weighted by atomic mass is 10.1. The average molecular weight is 411 g/mol. The molecule has 0 atom stereocenters. The molecule has 0 fully saturated rings. The van der Waals surface area contributed by atoms with E-state index in [0.717, 1.165) is 30.2 Å². The molecule has 0 saturated heterocycles. The van der Waals surface area contributed by atoms with Crippen LogP contribution in [0.2, 0.25) is 0 Å². The first-order chi connectivity index (χ1) is 12.1. The van der Waals surface area contributed by atoms with Gasteiger partial charge in [-0.15, -0.1) is 0 Å². The average Bonchev–Trinajstić information content (AvgIpc) is 2.60. The molecule has 0 aliphatic heterocycles. The fourth-order valence-corrected chi connectivity index (χ4v) is 3.06. The molecule has 1 aromatic carbocycles. The number of amides is 2. The highest BCUT2D eigenvalue weighted by Gasteiger charge is 2.12. The maximum atomic E-state index is 12.3. The molecule has 25 heavy (non-hydrogen) atoms. The summed E-state index contributed by atoms with van der Waals surface area (Å²) in [5.41, 5.74) is 1.03. The molecule has 140 valence electrons. The second kappa shape index (κ2) is 12.9. The molecule has 2 N–H and O–H groups in total. The Hall–Kier alpha value is -1.36. The van der Waals surface area contributed by atoms with Crippen molar-refractivity contribution in [2.75, 3.05) is 13.1 Å². The van der Waals surface area contributed by atoms with Crippen LogP contribution in [0, 0.1) is 0 Å². The fraction of sp³-hybridized carbons (Fsp3) is 0.600. The molecule has 0 spiro atoms. The maximum absolute atomic E-state index is 12.3. The molecule has 0 saturated carbocycles. The summed E-state index contributed by atoms with van der Waals surface area (Å²) in [5, 5.41) is 5.85. The number of carbonyl (C=O) groups is 2. The lowest BCUT2D eigenvalue weighted by Gasteiger charge is -2.09. The Morgan fingerprint density at radius 3 is 1.60 bits per heavy atom. The van der Waals surface area contributed by atoms with E-state index in [1.165, 1.54) is 25.7 Å². The zero-order chi connectivity index (χ0) is 18.5. The molecule has 2 amide bonds. The Balaban J connectivity index is 2.53. The van der Waals surface area contributed by atoms with Crippen LogP contribution in [0.5, 0.6) is 0 Å². The third-order valence-electron chi connectivity index (χ3n) is 4.05. The van der Waals surface area contributed by atoms with Gasteiger partial charge in [0.05, 0.1) is 0 Å². The Kier molecular flexibility index (Phi) is 11.2. The van der Waals surface area contributed by atoms with Gasteiger partial charge < -0.3 is 10.6 Å². The highest BCUT2D eigenvalue weighted by molar-refractivity contribution is 9.10. The monoisotopic (exact) mass is 410 g/mol. The van der Waals surface area contributed by atoms with Crippen molar-refractivity contribution < 1.29 is 9.59 Å². The summed E-state index contributed by atoms with van der Waals surface area (Å²) in [6.45, 7) is 5.67. The quantitative estimate of drug-likeness (QED) is 0.472. The van der Waals surface area contributed by atoms with Crippen LogP contribution in [0.1, 0.15) is 85.9 Å². The summed E-state index contributed by atoms with van der Waals surface area (Å²) >= 11 is 3.39. The summed E-state index contributed by atoms with van der Waals surface area (Å²) in [4.78, 5) is 24.5. The third-order valence-corrected chi connectivity index (χ3v) is 4.51. The van der Waals surface area contributed by atoms with E-state index < -0.39 is 0 Å². The minimum Gasteiger partial charge on any atom is -0.352 e. The summed E-state index contributed by atoms with van der Waals surface area (Å²) in [7, 11) is 0. The van der Waals surface area contributed by atoms with E-state index >= 15 is 0 Å². The van der Waals surface area contributed by atoms with Crippen LogP contribution < -0.4 is 10.6 Å². The second-order valence-electron chi connectivity index (χ2n) is 6.36. The zero-order valence-electron chi connectivity index (χ0n) is 15.5. The Bertz CT molecular complexity index is 502. The number of nitrogens with one attached hydrogen (secondary N) is 2. The van der Waals surface area contributed by atoms with Crippen LogP contribution in [-0.2, 0) is 0 Å². The van der Waals surface area contributed by atoms with E-state index in [2.05, 4.69) is 40.4 Å². The van der Waals surface area contributed by atoms with Crippen molar-refractivity contribution in [3.63, 3.8) is 0 Å². The van der Waals surface area contributed by atoms with Crippen LogP contribution in [0.4, 0.5) is 0 Å². The van der Waals surface area contributed by atoms with E-state index in [-0.39, 0.29) is 11.8 Å². The predicted octanol–water partition coefficient (Wildman–Crippen LogP) is 5.07. The number of unbranched alkanes of at least 4 members (excludes halogenated alkanes) is 6. The van der Waals surface area contributed by atoms with E-state index in [0.29, 0.717) is 24.2 Å². The van der Waals surface area contributed by atoms with Gasteiger partial charge in [-0.1, -0.05) is 68.3 Å². The minimum absolute atomic E-state index is 0.130. The van der Waals surface area contributed by atoms with Gasteiger partial charge in [0, 0.05) is 28.7 Å². The number of halogens is 1. The molecule has 0 unspecified atom stereocenters. The largest absolute Gasteiger partial charge is 0.352 e. The van der Waals surface area contributed by atoms with Crippen LogP contribution in [0.3, 0.4) is 0 Å². The molecule has 0 radical (unpaired) electrons. The van der Waals surface area contributed by atoms with Gasteiger partial charge in [0.15, 0.2) is 0 Å². The molecular weight excluding hydrogens is 380 g/mol. The van der Waals surface area contributed by atoms with Crippen molar-refractivity contribution in [3.05, 3.63) is 33.8 Å². The van der Waals surface area contributed by atoms with Gasteiger partial charge in [-0.2, -0.15) is 0 Å². The molecule has 1 aromatic rings. The van der Waals surface area contributed by atoms with Gasteiger partial charge in [-0.05, 0) is 31.0 Å². The first kappa shape index (κ1) is 21.7. The maximum Gasteiger partial charge on any atom is 0.251 e. The summed E-state index contributed by atoms with van der Waals surface area (Å²) in [6, 6.07) is 5.16. The Labute approximate surface area is 160 Å². The first-order valence-electron chi connectivity index (χ1n) is 9.45. The molecule has 0 aliphatic rings. The molecule has 0 heterocycles. The van der Waals surface area contributed by atoms with Gasteiger partial charge in [0.1, 0.15) is 0 Å². The molecule has 0 aromatic heterocycles. The number of carbonyl (C=O) groups excluding carboxylic acids is 2. The van der Waals surface area contributed by atoms with Gasteiger partial charge in [-0.3, -0.25) is 9.59 Å². The number of rotatable bonds is 12. The van der Waals surface area contributed by atoms with Crippen LogP contribution >= 0.6 is 15.9 Å². The number of hydrogen-bond acceptors (Lipinski definition) is 2. The molecule has 4 nitrogen and oxygen atoms in total. The smallest absolute Gasteiger partial charge is 0.251 e. The van der Waals surface area contributed by atoms with Crippen molar-refractivity contribution >= 4 is 27.7 Å². The lowest BCUT2D eigenvalue weighted by Crippen LogP contribution is -2.27.